The summed E-state index contributed by atoms with van der Waals surface area (Å²) in [7, 11) is 0. The molecule has 0 spiro atoms. The lowest BCUT2D eigenvalue weighted by Crippen LogP contribution is -2.52. The number of hydrogen-bond donors (Lipinski definition) is 2. The first-order valence-electron chi connectivity index (χ1n) is 6.57. The van der Waals surface area contributed by atoms with Gasteiger partial charge in [-0.05, 0) is 31.5 Å². The monoisotopic (exact) mass is 265 g/mol. The number of benzene rings is 1. The van der Waals surface area contributed by atoms with E-state index in [1.807, 2.05) is 6.92 Å². The first-order chi connectivity index (χ1) is 9.06. The molecular weight excluding hydrogens is 245 g/mol. The summed E-state index contributed by atoms with van der Waals surface area (Å²) in [5, 5.41) is 6.06. The maximum absolute atomic E-state index is 13.1. The molecule has 2 rings (SSSR count). The Balaban J connectivity index is 1.95. The number of amides is 1. The largest absolute Gasteiger partial charge is 0.325 e. The van der Waals surface area contributed by atoms with E-state index in [0.29, 0.717) is 18.3 Å². The number of carbonyl (C=O) groups is 1. The molecule has 1 fully saturated rings. The van der Waals surface area contributed by atoms with Crippen molar-refractivity contribution in [2.24, 2.45) is 0 Å². The molecule has 0 radical (unpaired) electrons. The van der Waals surface area contributed by atoms with E-state index in [1.165, 1.54) is 12.1 Å². The molecule has 0 bridgehead atoms. The van der Waals surface area contributed by atoms with Crippen molar-refractivity contribution < 1.29 is 9.18 Å². The highest BCUT2D eigenvalue weighted by atomic mass is 19.1. The molecule has 0 aromatic heterocycles. The van der Waals surface area contributed by atoms with Crippen molar-refractivity contribution in [2.75, 3.05) is 31.5 Å². The smallest absolute Gasteiger partial charge is 0.238 e. The highest BCUT2D eigenvalue weighted by Gasteiger charge is 2.20. The van der Waals surface area contributed by atoms with Gasteiger partial charge in [-0.2, -0.15) is 0 Å². The number of nitrogens with zero attached hydrogens (tertiary/aromatic N) is 1. The third-order valence-electron chi connectivity index (χ3n) is 3.46. The van der Waals surface area contributed by atoms with E-state index in [2.05, 4.69) is 22.5 Å². The Hall–Kier alpha value is -1.46. The summed E-state index contributed by atoms with van der Waals surface area (Å²) in [6, 6.07) is 4.75. The number of piperazine rings is 1. The van der Waals surface area contributed by atoms with Crippen molar-refractivity contribution in [1.29, 1.82) is 0 Å². The van der Waals surface area contributed by atoms with Crippen LogP contribution in [0.15, 0.2) is 18.2 Å². The molecular formula is C14H20FN3O. The van der Waals surface area contributed by atoms with Crippen LogP contribution in [0.5, 0.6) is 0 Å². The average Bonchev–Trinajstić information content (AvgIpc) is 2.37. The lowest BCUT2D eigenvalue weighted by atomic mass is 10.2. The van der Waals surface area contributed by atoms with Crippen LogP contribution in [0.2, 0.25) is 0 Å². The predicted octanol–water partition coefficient (Wildman–Crippen LogP) is 1.37. The van der Waals surface area contributed by atoms with E-state index in [-0.39, 0.29) is 11.7 Å². The van der Waals surface area contributed by atoms with Crippen LogP contribution >= 0.6 is 0 Å². The fourth-order valence-corrected chi connectivity index (χ4v) is 2.22. The van der Waals surface area contributed by atoms with Gasteiger partial charge in [0.2, 0.25) is 5.91 Å². The van der Waals surface area contributed by atoms with Crippen molar-refractivity contribution in [2.45, 2.75) is 19.9 Å². The van der Waals surface area contributed by atoms with Crippen LogP contribution in [0, 0.1) is 12.7 Å². The molecule has 1 heterocycles. The summed E-state index contributed by atoms with van der Waals surface area (Å²) >= 11 is 0. The van der Waals surface area contributed by atoms with Crippen LogP contribution in [0.3, 0.4) is 0 Å². The van der Waals surface area contributed by atoms with E-state index < -0.39 is 0 Å². The highest BCUT2D eigenvalue weighted by molar-refractivity contribution is 5.93. The molecule has 1 atom stereocenters. The first-order valence-corrected chi connectivity index (χ1v) is 6.57. The van der Waals surface area contributed by atoms with Crippen LogP contribution in [0.25, 0.3) is 0 Å². The fourth-order valence-electron chi connectivity index (χ4n) is 2.22. The molecule has 1 aliphatic rings. The molecule has 0 aliphatic carbocycles. The zero-order valence-corrected chi connectivity index (χ0v) is 11.4. The van der Waals surface area contributed by atoms with Crippen LogP contribution in [-0.2, 0) is 4.79 Å². The molecule has 1 aromatic carbocycles. The number of carbonyl (C=O) groups excluding carboxylic acids is 1. The quantitative estimate of drug-likeness (QED) is 0.867. The van der Waals surface area contributed by atoms with E-state index in [4.69, 9.17) is 0 Å². The molecule has 4 nitrogen and oxygen atoms in total. The number of anilines is 1. The molecule has 1 unspecified atom stereocenters. The van der Waals surface area contributed by atoms with Crippen molar-refractivity contribution in [3.05, 3.63) is 29.6 Å². The van der Waals surface area contributed by atoms with Gasteiger partial charge in [0.05, 0.1) is 6.54 Å². The van der Waals surface area contributed by atoms with E-state index >= 15 is 0 Å². The van der Waals surface area contributed by atoms with Crippen molar-refractivity contribution >= 4 is 11.6 Å². The second-order valence-corrected chi connectivity index (χ2v) is 5.03. The van der Waals surface area contributed by atoms with Gasteiger partial charge in [-0.25, -0.2) is 4.39 Å². The number of halogens is 1. The first kappa shape index (κ1) is 14.0. The maximum Gasteiger partial charge on any atom is 0.238 e. The Labute approximate surface area is 113 Å². The Bertz CT molecular complexity index is 464. The van der Waals surface area contributed by atoms with Gasteiger partial charge in [0, 0.05) is 31.4 Å². The molecule has 5 heteroatoms. The Kier molecular flexibility index (Phi) is 4.50. The lowest BCUT2D eigenvalue weighted by molar-refractivity contribution is -0.118. The van der Waals surface area contributed by atoms with Crippen molar-refractivity contribution in [3.63, 3.8) is 0 Å². The van der Waals surface area contributed by atoms with Gasteiger partial charge in [0.1, 0.15) is 5.82 Å². The number of hydrogen-bond acceptors (Lipinski definition) is 3. The Morgan fingerprint density at radius 2 is 2.37 bits per heavy atom. The topological polar surface area (TPSA) is 44.4 Å². The number of rotatable bonds is 3. The maximum atomic E-state index is 13.1. The SMILES string of the molecule is Cc1ccc(F)cc1NC(=O)CN1CCNCC1C. The van der Waals surface area contributed by atoms with Gasteiger partial charge in [-0.1, -0.05) is 6.07 Å². The summed E-state index contributed by atoms with van der Waals surface area (Å²) in [6.45, 7) is 6.94. The summed E-state index contributed by atoms with van der Waals surface area (Å²) in [5.74, 6) is -0.432. The molecule has 0 saturated carbocycles. The molecule has 1 saturated heterocycles. The van der Waals surface area contributed by atoms with E-state index in [1.54, 1.807) is 6.07 Å². The van der Waals surface area contributed by atoms with Gasteiger partial charge in [0.15, 0.2) is 0 Å². The molecule has 1 aromatic rings. The molecule has 2 N–H and O–H groups in total. The van der Waals surface area contributed by atoms with Gasteiger partial charge >= 0.3 is 0 Å². The van der Waals surface area contributed by atoms with Crippen LogP contribution in [0.1, 0.15) is 12.5 Å². The van der Waals surface area contributed by atoms with E-state index in [9.17, 15) is 9.18 Å². The third kappa shape index (κ3) is 3.75. The number of nitrogens with one attached hydrogen (secondary N) is 2. The molecule has 19 heavy (non-hydrogen) atoms. The van der Waals surface area contributed by atoms with Crippen LogP contribution in [-0.4, -0.2) is 43.0 Å². The lowest BCUT2D eigenvalue weighted by Gasteiger charge is -2.33. The molecule has 104 valence electrons. The zero-order valence-electron chi connectivity index (χ0n) is 11.4. The second-order valence-electron chi connectivity index (χ2n) is 5.03. The minimum absolute atomic E-state index is 0.0950. The minimum Gasteiger partial charge on any atom is -0.325 e. The van der Waals surface area contributed by atoms with Gasteiger partial charge in [-0.3, -0.25) is 9.69 Å². The minimum atomic E-state index is -0.337. The molecule has 1 aliphatic heterocycles. The van der Waals surface area contributed by atoms with Crippen LogP contribution in [0.4, 0.5) is 10.1 Å². The van der Waals surface area contributed by atoms with Crippen LogP contribution < -0.4 is 10.6 Å². The highest BCUT2D eigenvalue weighted by Crippen LogP contribution is 2.16. The van der Waals surface area contributed by atoms with Crippen molar-refractivity contribution in [3.8, 4) is 0 Å². The Morgan fingerprint density at radius 3 is 3.11 bits per heavy atom. The van der Waals surface area contributed by atoms with E-state index in [0.717, 1.165) is 25.2 Å². The van der Waals surface area contributed by atoms with Gasteiger partial charge in [-0.15, -0.1) is 0 Å². The summed E-state index contributed by atoms with van der Waals surface area (Å²) < 4.78 is 13.1. The Morgan fingerprint density at radius 1 is 1.58 bits per heavy atom. The fraction of sp³-hybridized carbons (Fsp3) is 0.500. The number of aryl methyl sites for hydroxylation is 1. The zero-order chi connectivity index (χ0) is 13.8. The standard InChI is InChI=1S/C14H20FN3O/c1-10-3-4-12(15)7-13(10)17-14(19)9-18-6-5-16-8-11(18)2/h3-4,7,11,16H,5-6,8-9H2,1-2H3,(H,17,19). The summed E-state index contributed by atoms with van der Waals surface area (Å²) in [5.41, 5.74) is 1.41. The molecule has 1 amide bonds. The van der Waals surface area contributed by atoms with Gasteiger partial charge < -0.3 is 10.6 Å². The predicted molar refractivity (Wildman–Crippen MR) is 73.7 cm³/mol. The average molecular weight is 265 g/mol. The summed E-state index contributed by atoms with van der Waals surface area (Å²) in [4.78, 5) is 14.1. The van der Waals surface area contributed by atoms with Gasteiger partial charge in [0.25, 0.3) is 0 Å². The normalized spacial score (nSPS) is 20.3. The second kappa shape index (κ2) is 6.12. The van der Waals surface area contributed by atoms with Crippen molar-refractivity contribution in [1.82, 2.24) is 10.2 Å². The third-order valence-corrected chi connectivity index (χ3v) is 3.46. The summed E-state index contributed by atoms with van der Waals surface area (Å²) in [6.07, 6.45) is 0.